The minimum atomic E-state index is 0.973. The summed E-state index contributed by atoms with van der Waals surface area (Å²) in [4.78, 5) is 12.0. The van der Waals surface area contributed by atoms with Crippen LogP contribution in [0.3, 0.4) is 0 Å². The van der Waals surface area contributed by atoms with Gasteiger partial charge >= 0.3 is 0 Å². The molecule has 0 aliphatic carbocycles. The molecule has 86 valence electrons. The van der Waals surface area contributed by atoms with E-state index in [0.717, 1.165) is 24.2 Å². The normalized spacial score (nSPS) is 11.1. The second kappa shape index (κ2) is 4.30. The molecule has 0 aromatic carbocycles. The summed E-state index contributed by atoms with van der Waals surface area (Å²) in [5, 5.41) is 4.40. The minimum absolute atomic E-state index is 0.973. The smallest absolute Gasteiger partial charge is 0.137 e. The van der Waals surface area contributed by atoms with Gasteiger partial charge in [-0.25, -0.2) is 9.97 Å². The van der Waals surface area contributed by atoms with Crippen molar-refractivity contribution in [2.45, 2.75) is 19.8 Å². The molecule has 3 aromatic heterocycles. The second-order valence-corrected chi connectivity index (χ2v) is 5.14. The van der Waals surface area contributed by atoms with Gasteiger partial charge in [0.2, 0.25) is 0 Å². The topological polar surface area (TPSA) is 41.6 Å². The van der Waals surface area contributed by atoms with Crippen LogP contribution < -0.4 is 0 Å². The molecule has 3 rings (SSSR count). The molecule has 0 atom stereocenters. The van der Waals surface area contributed by atoms with E-state index in [1.165, 1.54) is 16.0 Å². The van der Waals surface area contributed by atoms with Gasteiger partial charge < -0.3 is 4.98 Å². The Kier molecular flexibility index (Phi) is 2.65. The first-order valence-corrected chi connectivity index (χ1v) is 6.52. The molecule has 0 aliphatic heterocycles. The van der Waals surface area contributed by atoms with Crippen LogP contribution in [-0.2, 0) is 12.8 Å². The highest BCUT2D eigenvalue weighted by molar-refractivity contribution is 7.09. The van der Waals surface area contributed by atoms with Gasteiger partial charge in [0, 0.05) is 35.3 Å². The number of hydrogen-bond donors (Lipinski definition) is 1. The zero-order valence-electron chi connectivity index (χ0n) is 9.60. The molecule has 0 radical (unpaired) electrons. The highest BCUT2D eigenvalue weighted by Crippen LogP contribution is 2.16. The molecule has 3 nitrogen and oxygen atoms in total. The summed E-state index contributed by atoms with van der Waals surface area (Å²) in [7, 11) is 0. The lowest BCUT2D eigenvalue weighted by Gasteiger charge is -1.98. The van der Waals surface area contributed by atoms with Crippen LogP contribution in [0.5, 0.6) is 0 Å². The van der Waals surface area contributed by atoms with Gasteiger partial charge in [0.1, 0.15) is 5.65 Å². The van der Waals surface area contributed by atoms with Gasteiger partial charge in [0.05, 0.1) is 5.01 Å². The number of nitrogens with zero attached hydrogens (tertiary/aromatic N) is 2. The highest BCUT2D eigenvalue weighted by atomic mass is 32.1. The van der Waals surface area contributed by atoms with E-state index >= 15 is 0 Å². The molecule has 0 saturated heterocycles. The number of nitrogens with one attached hydrogen (secondary N) is 1. The SMILES string of the molecule is Cc1cc2cc(CCc3nccs3)cnc2[nH]1. The molecule has 0 spiro atoms. The predicted molar refractivity (Wildman–Crippen MR) is 70.4 cm³/mol. The fraction of sp³-hybridized carbons (Fsp3) is 0.231. The van der Waals surface area contributed by atoms with Crippen molar-refractivity contribution in [1.82, 2.24) is 15.0 Å². The molecule has 17 heavy (non-hydrogen) atoms. The lowest BCUT2D eigenvalue weighted by Crippen LogP contribution is -1.91. The Hall–Kier alpha value is -1.68. The molecular formula is C13H13N3S. The van der Waals surface area contributed by atoms with Crippen molar-refractivity contribution in [3.05, 3.63) is 46.2 Å². The standard InChI is InChI=1S/C13H13N3S/c1-9-6-11-7-10(8-15-13(11)16-9)2-3-12-14-4-5-17-12/h4-8H,2-3H2,1H3,(H,15,16). The average molecular weight is 243 g/mol. The van der Waals surface area contributed by atoms with Crippen LogP contribution in [0.2, 0.25) is 0 Å². The van der Waals surface area contributed by atoms with E-state index < -0.39 is 0 Å². The zero-order valence-corrected chi connectivity index (χ0v) is 10.4. The summed E-state index contributed by atoms with van der Waals surface area (Å²) >= 11 is 1.71. The van der Waals surface area contributed by atoms with E-state index in [1.54, 1.807) is 11.3 Å². The first kappa shape index (κ1) is 10.5. The maximum Gasteiger partial charge on any atom is 0.137 e. The van der Waals surface area contributed by atoms with Crippen molar-refractivity contribution in [3.63, 3.8) is 0 Å². The summed E-state index contributed by atoms with van der Waals surface area (Å²) in [6.07, 6.45) is 5.80. The molecule has 1 N–H and O–H groups in total. The Bertz CT molecular complexity index is 625. The van der Waals surface area contributed by atoms with Crippen LogP contribution in [0.15, 0.2) is 29.9 Å². The van der Waals surface area contributed by atoms with Crippen LogP contribution in [0.25, 0.3) is 11.0 Å². The molecular weight excluding hydrogens is 230 g/mol. The molecule has 0 fully saturated rings. The Balaban J connectivity index is 1.81. The maximum atomic E-state index is 4.43. The summed E-state index contributed by atoms with van der Waals surface area (Å²) in [5.41, 5.74) is 3.40. The molecule has 0 bridgehead atoms. The van der Waals surface area contributed by atoms with Crippen LogP contribution in [0, 0.1) is 6.92 Å². The number of aryl methyl sites for hydroxylation is 3. The first-order valence-electron chi connectivity index (χ1n) is 5.64. The van der Waals surface area contributed by atoms with Crippen LogP contribution in [0.4, 0.5) is 0 Å². The molecule has 0 saturated carbocycles. The first-order chi connectivity index (χ1) is 8.31. The van der Waals surface area contributed by atoms with Gasteiger partial charge in [-0.1, -0.05) is 0 Å². The summed E-state index contributed by atoms with van der Waals surface area (Å²) < 4.78 is 0. The minimum Gasteiger partial charge on any atom is -0.344 e. The fourth-order valence-electron chi connectivity index (χ4n) is 1.96. The van der Waals surface area contributed by atoms with E-state index in [2.05, 4.69) is 34.0 Å². The van der Waals surface area contributed by atoms with Crippen molar-refractivity contribution in [2.24, 2.45) is 0 Å². The van der Waals surface area contributed by atoms with Crippen molar-refractivity contribution in [1.29, 1.82) is 0 Å². The number of thiazole rings is 1. The van der Waals surface area contributed by atoms with Crippen molar-refractivity contribution in [2.75, 3.05) is 0 Å². The number of aromatic nitrogens is 3. The highest BCUT2D eigenvalue weighted by Gasteiger charge is 2.02. The quantitative estimate of drug-likeness (QED) is 0.768. The molecule has 0 amide bonds. The molecule has 0 aliphatic rings. The van der Waals surface area contributed by atoms with Gasteiger partial charge in [0.25, 0.3) is 0 Å². The lowest BCUT2D eigenvalue weighted by atomic mass is 10.1. The summed E-state index contributed by atoms with van der Waals surface area (Å²) in [6, 6.07) is 4.34. The van der Waals surface area contributed by atoms with E-state index in [0.29, 0.717) is 0 Å². The Morgan fingerprint density at radius 2 is 2.18 bits per heavy atom. The van der Waals surface area contributed by atoms with Crippen LogP contribution in [0.1, 0.15) is 16.3 Å². The van der Waals surface area contributed by atoms with Crippen LogP contribution >= 0.6 is 11.3 Å². The Labute approximate surface area is 104 Å². The number of aromatic amines is 1. The van der Waals surface area contributed by atoms with Gasteiger partial charge in [0.15, 0.2) is 0 Å². The van der Waals surface area contributed by atoms with Crippen molar-refractivity contribution >= 4 is 22.4 Å². The van der Waals surface area contributed by atoms with E-state index in [1.807, 2.05) is 17.8 Å². The zero-order chi connectivity index (χ0) is 11.7. The van der Waals surface area contributed by atoms with Gasteiger partial charge in [-0.2, -0.15) is 0 Å². The third-order valence-electron chi connectivity index (χ3n) is 2.77. The Morgan fingerprint density at radius 1 is 1.24 bits per heavy atom. The third-order valence-corrected chi connectivity index (χ3v) is 3.61. The molecule has 0 unspecified atom stereocenters. The second-order valence-electron chi connectivity index (χ2n) is 4.16. The predicted octanol–water partition coefficient (Wildman–Crippen LogP) is 3.11. The third kappa shape index (κ3) is 2.22. The van der Waals surface area contributed by atoms with Crippen molar-refractivity contribution in [3.8, 4) is 0 Å². The van der Waals surface area contributed by atoms with E-state index in [-0.39, 0.29) is 0 Å². The lowest BCUT2D eigenvalue weighted by molar-refractivity contribution is 0.939. The number of rotatable bonds is 3. The number of H-pyrrole nitrogens is 1. The molecule has 3 aromatic rings. The monoisotopic (exact) mass is 243 g/mol. The largest absolute Gasteiger partial charge is 0.344 e. The summed E-state index contributed by atoms with van der Waals surface area (Å²) in [5.74, 6) is 0. The van der Waals surface area contributed by atoms with Gasteiger partial charge in [-0.3, -0.25) is 0 Å². The summed E-state index contributed by atoms with van der Waals surface area (Å²) in [6.45, 7) is 2.05. The number of fused-ring (bicyclic) bond motifs is 1. The Morgan fingerprint density at radius 3 is 3.00 bits per heavy atom. The maximum absolute atomic E-state index is 4.43. The average Bonchev–Trinajstić information content (AvgIpc) is 2.92. The van der Waals surface area contributed by atoms with E-state index in [9.17, 15) is 0 Å². The van der Waals surface area contributed by atoms with Crippen LogP contribution in [-0.4, -0.2) is 15.0 Å². The molecule has 3 heterocycles. The molecule has 4 heteroatoms. The number of hydrogen-bond acceptors (Lipinski definition) is 3. The van der Waals surface area contributed by atoms with E-state index in [4.69, 9.17) is 0 Å². The van der Waals surface area contributed by atoms with Gasteiger partial charge in [-0.15, -0.1) is 11.3 Å². The number of pyridine rings is 1. The fourth-order valence-corrected chi connectivity index (χ4v) is 2.58. The van der Waals surface area contributed by atoms with Gasteiger partial charge in [-0.05, 0) is 31.0 Å². The van der Waals surface area contributed by atoms with Crippen molar-refractivity contribution < 1.29 is 0 Å².